The number of rotatable bonds is 3. The van der Waals surface area contributed by atoms with Crippen LogP contribution < -0.4 is 0 Å². The highest BCUT2D eigenvalue weighted by molar-refractivity contribution is 5.93. The number of aromatic nitrogens is 4. The quantitative estimate of drug-likeness (QED) is 0.928. The number of hydrogen-bond donors (Lipinski definition) is 1. The van der Waals surface area contributed by atoms with Gasteiger partial charge in [0.05, 0.1) is 36.3 Å². The molecule has 0 radical (unpaired) electrons. The van der Waals surface area contributed by atoms with Gasteiger partial charge in [0.25, 0.3) is 5.91 Å². The summed E-state index contributed by atoms with van der Waals surface area (Å²) in [5, 5.41) is 7.16. The first kappa shape index (κ1) is 14.6. The molecule has 0 saturated carbocycles. The molecular weight excluding hydrogens is 282 g/mol. The highest BCUT2D eigenvalue weighted by Gasteiger charge is 2.30. The van der Waals surface area contributed by atoms with Crippen LogP contribution in [0.15, 0.2) is 18.6 Å². The van der Waals surface area contributed by atoms with Crippen LogP contribution in [0.3, 0.4) is 0 Å². The van der Waals surface area contributed by atoms with E-state index in [0.717, 1.165) is 17.0 Å². The van der Waals surface area contributed by atoms with Gasteiger partial charge in [0.1, 0.15) is 0 Å². The second kappa shape index (κ2) is 5.84. The fourth-order valence-corrected chi connectivity index (χ4v) is 2.76. The average molecular weight is 301 g/mol. The van der Waals surface area contributed by atoms with Gasteiger partial charge in [-0.2, -0.15) is 5.10 Å². The van der Waals surface area contributed by atoms with Crippen molar-refractivity contribution in [3.8, 4) is 0 Å². The van der Waals surface area contributed by atoms with Gasteiger partial charge in [-0.25, -0.2) is 0 Å². The number of hydrogen-bond acceptors (Lipinski definition) is 5. The molecule has 7 nitrogen and oxygen atoms in total. The zero-order valence-corrected chi connectivity index (χ0v) is 12.9. The Bertz CT molecular complexity index is 670. The molecule has 0 aliphatic carbocycles. The Kier molecular flexibility index (Phi) is 3.89. The van der Waals surface area contributed by atoms with Crippen LogP contribution in [0.4, 0.5) is 0 Å². The van der Waals surface area contributed by atoms with Crippen molar-refractivity contribution in [2.24, 2.45) is 0 Å². The Labute approximate surface area is 128 Å². The lowest BCUT2D eigenvalue weighted by Crippen LogP contribution is -2.29. The monoisotopic (exact) mass is 301 g/mol. The molecule has 2 atom stereocenters. The Morgan fingerprint density at radius 1 is 1.45 bits per heavy atom. The maximum atomic E-state index is 12.6. The van der Waals surface area contributed by atoms with Crippen molar-refractivity contribution in [2.45, 2.75) is 39.0 Å². The van der Waals surface area contributed by atoms with Crippen molar-refractivity contribution in [1.82, 2.24) is 25.1 Å². The third kappa shape index (κ3) is 2.71. The molecule has 7 heteroatoms. The summed E-state index contributed by atoms with van der Waals surface area (Å²) in [7, 11) is 1.74. The largest absolute Gasteiger partial charge is 0.369 e. The zero-order chi connectivity index (χ0) is 15.7. The van der Waals surface area contributed by atoms with Crippen molar-refractivity contribution in [3.05, 3.63) is 41.2 Å². The van der Waals surface area contributed by atoms with Gasteiger partial charge in [-0.1, -0.05) is 0 Å². The predicted molar refractivity (Wildman–Crippen MR) is 79.1 cm³/mol. The SMILES string of the molecule is C[C@@H]1Cc2c(C(=O)N(C)Cc3cnccn3)n[nH]c2[C@H](C)O1. The summed E-state index contributed by atoms with van der Waals surface area (Å²) >= 11 is 0. The minimum Gasteiger partial charge on any atom is -0.369 e. The summed E-state index contributed by atoms with van der Waals surface area (Å²) in [4.78, 5) is 22.5. The van der Waals surface area contributed by atoms with Crippen molar-refractivity contribution in [1.29, 1.82) is 0 Å². The number of nitrogens with zero attached hydrogens (tertiary/aromatic N) is 4. The summed E-state index contributed by atoms with van der Waals surface area (Å²) in [5.74, 6) is -0.121. The van der Waals surface area contributed by atoms with Gasteiger partial charge < -0.3 is 9.64 Å². The zero-order valence-electron chi connectivity index (χ0n) is 12.9. The van der Waals surface area contributed by atoms with Crippen molar-refractivity contribution in [2.75, 3.05) is 7.05 Å². The van der Waals surface area contributed by atoms with E-state index in [1.807, 2.05) is 13.8 Å². The first-order valence-electron chi connectivity index (χ1n) is 7.29. The third-order valence-corrected chi connectivity index (χ3v) is 3.80. The van der Waals surface area contributed by atoms with E-state index >= 15 is 0 Å². The molecule has 22 heavy (non-hydrogen) atoms. The van der Waals surface area contributed by atoms with Gasteiger partial charge >= 0.3 is 0 Å². The number of carbonyl (C=O) groups excluding carboxylic acids is 1. The number of fused-ring (bicyclic) bond motifs is 1. The molecule has 0 aromatic carbocycles. The van der Waals surface area contributed by atoms with Gasteiger partial charge in [0, 0.05) is 31.4 Å². The molecule has 2 aromatic heterocycles. The molecule has 0 fully saturated rings. The van der Waals surface area contributed by atoms with Crippen LogP contribution in [0.2, 0.25) is 0 Å². The summed E-state index contributed by atoms with van der Waals surface area (Å²) in [5.41, 5.74) is 3.08. The predicted octanol–water partition coefficient (Wildman–Crippen LogP) is 1.49. The minimum atomic E-state index is -0.121. The van der Waals surface area contributed by atoms with E-state index in [1.165, 1.54) is 0 Å². The van der Waals surface area contributed by atoms with Crippen molar-refractivity contribution < 1.29 is 9.53 Å². The maximum Gasteiger partial charge on any atom is 0.274 e. The van der Waals surface area contributed by atoms with E-state index in [4.69, 9.17) is 4.74 Å². The van der Waals surface area contributed by atoms with Crippen molar-refractivity contribution >= 4 is 5.91 Å². The molecule has 116 valence electrons. The molecule has 0 unspecified atom stereocenters. The lowest BCUT2D eigenvalue weighted by Gasteiger charge is -2.25. The summed E-state index contributed by atoms with van der Waals surface area (Å²) in [6.07, 6.45) is 5.58. The van der Waals surface area contributed by atoms with Crippen LogP contribution in [0, 0.1) is 0 Å². The molecule has 1 aliphatic rings. The van der Waals surface area contributed by atoms with E-state index in [0.29, 0.717) is 18.7 Å². The number of aromatic amines is 1. The molecule has 1 N–H and O–H groups in total. The van der Waals surface area contributed by atoms with Crippen LogP contribution >= 0.6 is 0 Å². The fraction of sp³-hybridized carbons (Fsp3) is 0.467. The van der Waals surface area contributed by atoms with Crippen LogP contribution in [0.1, 0.15) is 47.4 Å². The number of amides is 1. The fourth-order valence-electron chi connectivity index (χ4n) is 2.76. The van der Waals surface area contributed by atoms with E-state index in [1.54, 1.807) is 30.5 Å². The summed E-state index contributed by atoms with van der Waals surface area (Å²) in [6.45, 7) is 4.37. The van der Waals surface area contributed by atoms with E-state index < -0.39 is 0 Å². The van der Waals surface area contributed by atoms with E-state index in [9.17, 15) is 4.79 Å². The number of ether oxygens (including phenoxy) is 1. The summed E-state index contributed by atoms with van der Waals surface area (Å²) in [6, 6.07) is 0. The average Bonchev–Trinajstić information content (AvgIpc) is 2.91. The third-order valence-electron chi connectivity index (χ3n) is 3.80. The molecule has 0 spiro atoms. The normalized spacial score (nSPS) is 20.5. The molecule has 3 rings (SSSR count). The van der Waals surface area contributed by atoms with Crippen LogP contribution in [-0.2, 0) is 17.7 Å². The van der Waals surface area contributed by atoms with Crippen molar-refractivity contribution in [3.63, 3.8) is 0 Å². The first-order valence-corrected chi connectivity index (χ1v) is 7.29. The highest BCUT2D eigenvalue weighted by Crippen LogP contribution is 2.30. The lowest BCUT2D eigenvalue weighted by atomic mass is 9.99. The second-order valence-corrected chi connectivity index (χ2v) is 5.62. The van der Waals surface area contributed by atoms with Crippen LogP contribution in [-0.4, -0.2) is 44.1 Å². The van der Waals surface area contributed by atoms with Gasteiger partial charge in [-0.15, -0.1) is 0 Å². The summed E-state index contributed by atoms with van der Waals surface area (Å²) < 4.78 is 5.75. The van der Waals surface area contributed by atoms with Crippen LogP contribution in [0.5, 0.6) is 0 Å². The Morgan fingerprint density at radius 3 is 3.00 bits per heavy atom. The Balaban J connectivity index is 1.81. The van der Waals surface area contributed by atoms with Gasteiger partial charge in [-0.05, 0) is 13.8 Å². The van der Waals surface area contributed by atoms with Crippen LogP contribution in [0.25, 0.3) is 0 Å². The Morgan fingerprint density at radius 2 is 2.27 bits per heavy atom. The van der Waals surface area contributed by atoms with Gasteiger partial charge in [-0.3, -0.25) is 19.9 Å². The molecule has 1 amide bonds. The highest BCUT2D eigenvalue weighted by atomic mass is 16.5. The molecule has 3 heterocycles. The minimum absolute atomic E-state index is 0.0712. The number of carbonyl (C=O) groups is 1. The maximum absolute atomic E-state index is 12.6. The molecule has 1 aliphatic heterocycles. The number of nitrogens with one attached hydrogen (secondary N) is 1. The molecular formula is C15H19N5O2. The smallest absolute Gasteiger partial charge is 0.274 e. The lowest BCUT2D eigenvalue weighted by molar-refractivity contribution is -0.00701. The first-order chi connectivity index (χ1) is 10.6. The number of H-pyrrole nitrogens is 1. The van der Waals surface area contributed by atoms with E-state index in [-0.39, 0.29) is 18.1 Å². The van der Waals surface area contributed by atoms with Gasteiger partial charge in [0.15, 0.2) is 5.69 Å². The molecule has 2 aromatic rings. The standard InChI is InChI=1S/C15H19N5O2/c1-9-6-12-13(10(2)22-9)18-19-14(12)15(21)20(3)8-11-7-16-4-5-17-11/h4-5,7,9-10H,6,8H2,1-3H3,(H,18,19)/t9-,10+/m1/s1. The topological polar surface area (TPSA) is 84.0 Å². The Hall–Kier alpha value is -2.28. The van der Waals surface area contributed by atoms with Gasteiger partial charge in [0.2, 0.25) is 0 Å². The molecule has 0 bridgehead atoms. The molecule has 0 saturated heterocycles. The second-order valence-electron chi connectivity index (χ2n) is 5.62. The van der Waals surface area contributed by atoms with E-state index in [2.05, 4.69) is 20.2 Å².